The van der Waals surface area contributed by atoms with Crippen molar-refractivity contribution in [2.75, 3.05) is 0 Å². The zero-order valence-electron chi connectivity index (χ0n) is 14.0. The maximum atomic E-state index is 11.1. The van der Waals surface area contributed by atoms with E-state index < -0.39 is 0 Å². The quantitative estimate of drug-likeness (QED) is 0.727. The number of carbonyl (C=O) groups excluding carboxylic acids is 2. The van der Waals surface area contributed by atoms with Gasteiger partial charge in [-0.05, 0) is 26.0 Å². The second kappa shape index (κ2) is 6.19. The number of nitrogens with zero attached hydrogens (tertiary/aromatic N) is 2. The second-order valence-corrected chi connectivity index (χ2v) is 6.12. The van der Waals surface area contributed by atoms with Gasteiger partial charge in [0.25, 0.3) is 0 Å². The van der Waals surface area contributed by atoms with E-state index in [-0.39, 0.29) is 36.4 Å². The van der Waals surface area contributed by atoms with Gasteiger partial charge in [-0.2, -0.15) is 0 Å². The average molecular weight is 330 g/mol. The first-order valence-corrected chi connectivity index (χ1v) is 8.08. The third-order valence-electron chi connectivity index (χ3n) is 4.66. The first-order chi connectivity index (χ1) is 11.5. The lowest BCUT2D eigenvalue weighted by Crippen LogP contribution is -2.51. The van der Waals surface area contributed by atoms with Crippen LogP contribution in [0.1, 0.15) is 26.7 Å². The summed E-state index contributed by atoms with van der Waals surface area (Å²) in [6, 6.07) is 0.184. The monoisotopic (exact) mass is 330 g/mol. The third kappa shape index (κ3) is 2.52. The van der Waals surface area contributed by atoms with E-state index in [1.54, 1.807) is 22.0 Å². The van der Waals surface area contributed by atoms with Crippen molar-refractivity contribution in [3.63, 3.8) is 0 Å². The molecule has 2 amide bonds. The molecule has 0 unspecified atom stereocenters. The summed E-state index contributed by atoms with van der Waals surface area (Å²) >= 11 is 0. The molecule has 0 aromatic heterocycles. The molecule has 4 rings (SSSR count). The van der Waals surface area contributed by atoms with E-state index in [1.165, 1.54) is 0 Å². The average Bonchev–Trinajstić information content (AvgIpc) is 2.91. The van der Waals surface area contributed by atoms with Crippen molar-refractivity contribution in [3.8, 4) is 0 Å². The molecule has 0 aromatic rings. The summed E-state index contributed by atoms with van der Waals surface area (Å²) in [6.07, 6.45) is 8.05. The number of fused-ring (bicyclic) bond motifs is 2. The van der Waals surface area contributed by atoms with E-state index in [4.69, 9.17) is 9.47 Å². The van der Waals surface area contributed by atoms with Gasteiger partial charge in [-0.25, -0.2) is 0 Å². The van der Waals surface area contributed by atoms with Crippen LogP contribution >= 0.6 is 0 Å². The van der Waals surface area contributed by atoms with Gasteiger partial charge in [-0.1, -0.05) is 25.3 Å². The summed E-state index contributed by atoms with van der Waals surface area (Å²) in [5.41, 5.74) is 0. The topological polar surface area (TPSA) is 59.1 Å². The molecular weight excluding hydrogens is 308 g/mol. The number of allylic oxidation sites excluding steroid dienone is 4. The number of hydrogen-bond acceptors (Lipinski definition) is 4. The number of hydrogen-bond donors (Lipinski definition) is 0. The lowest BCUT2D eigenvalue weighted by atomic mass is 10.1. The molecule has 4 saturated heterocycles. The Morgan fingerprint density at radius 2 is 1.25 bits per heavy atom. The fourth-order valence-electron chi connectivity index (χ4n) is 3.30. The van der Waals surface area contributed by atoms with Gasteiger partial charge in [0.1, 0.15) is 11.5 Å². The molecular formula is C18H22N2O4. The van der Waals surface area contributed by atoms with Gasteiger partial charge >= 0.3 is 0 Å². The Hall–Kier alpha value is -2.50. The highest BCUT2D eigenvalue weighted by molar-refractivity contribution is 5.84. The zero-order valence-corrected chi connectivity index (χ0v) is 14.0. The molecule has 4 heterocycles. The van der Waals surface area contributed by atoms with Crippen molar-refractivity contribution in [2.24, 2.45) is 0 Å². The maximum absolute atomic E-state index is 11.1. The van der Waals surface area contributed by atoms with Gasteiger partial charge in [0.2, 0.25) is 11.8 Å². The van der Waals surface area contributed by atoms with E-state index in [0.717, 1.165) is 11.5 Å². The minimum atomic E-state index is -0.00120. The normalized spacial score (nSPS) is 35.9. The first-order valence-electron chi connectivity index (χ1n) is 8.08. The molecule has 0 radical (unpaired) electrons. The Bertz CT molecular complexity index is 595. The van der Waals surface area contributed by atoms with Crippen LogP contribution in [0.2, 0.25) is 0 Å². The molecule has 0 spiro atoms. The lowest BCUT2D eigenvalue weighted by molar-refractivity contribution is -0.157. The molecule has 6 nitrogen and oxygen atoms in total. The molecule has 4 fully saturated rings. The summed E-state index contributed by atoms with van der Waals surface area (Å²) in [5, 5.41) is 0. The van der Waals surface area contributed by atoms with Crippen molar-refractivity contribution >= 4 is 11.8 Å². The van der Waals surface area contributed by atoms with Gasteiger partial charge in [0.15, 0.2) is 12.5 Å². The van der Waals surface area contributed by atoms with Crippen molar-refractivity contribution in [2.45, 2.75) is 51.2 Å². The fraction of sp³-hybridized carbons (Fsp3) is 0.444. The molecule has 0 N–H and O–H groups in total. The van der Waals surface area contributed by atoms with Gasteiger partial charge < -0.3 is 9.47 Å². The highest BCUT2D eigenvalue weighted by atomic mass is 16.5. The van der Waals surface area contributed by atoms with E-state index >= 15 is 0 Å². The van der Waals surface area contributed by atoms with Crippen LogP contribution in [-0.2, 0) is 19.1 Å². The Labute approximate surface area is 141 Å². The molecule has 128 valence electrons. The standard InChI is InChI=1S/2C9H11NO2/c2*1-3-4-7-6(2)10-8(11)5-9(10)12-7/h2*3-4,6,9H,1,5H2,2H3/t2*6-,9+/m10/s1. The summed E-state index contributed by atoms with van der Waals surface area (Å²) in [5.74, 6) is 2.06. The van der Waals surface area contributed by atoms with E-state index in [1.807, 2.05) is 26.0 Å². The van der Waals surface area contributed by atoms with Crippen LogP contribution in [0.4, 0.5) is 0 Å². The molecule has 6 heteroatoms. The van der Waals surface area contributed by atoms with Crippen molar-refractivity contribution in [1.29, 1.82) is 0 Å². The Kier molecular flexibility index (Phi) is 4.22. The molecule has 4 aliphatic rings. The molecule has 0 saturated carbocycles. The highest BCUT2D eigenvalue weighted by Gasteiger charge is 2.49. The van der Waals surface area contributed by atoms with Crippen LogP contribution < -0.4 is 0 Å². The van der Waals surface area contributed by atoms with Crippen LogP contribution in [0.15, 0.2) is 49.0 Å². The number of ether oxygens (including phenoxy) is 2. The maximum Gasteiger partial charge on any atom is 0.231 e. The largest absolute Gasteiger partial charge is 0.472 e. The molecule has 0 aliphatic carbocycles. The summed E-state index contributed by atoms with van der Waals surface area (Å²) < 4.78 is 11.0. The van der Waals surface area contributed by atoms with Crippen LogP contribution in [0, 0.1) is 0 Å². The predicted molar refractivity (Wildman–Crippen MR) is 88.2 cm³/mol. The van der Waals surface area contributed by atoms with E-state index in [9.17, 15) is 9.59 Å². The van der Waals surface area contributed by atoms with E-state index in [2.05, 4.69) is 13.2 Å². The molecule has 0 aromatic carbocycles. The van der Waals surface area contributed by atoms with Gasteiger partial charge in [0, 0.05) is 0 Å². The van der Waals surface area contributed by atoms with Crippen LogP contribution in [0.25, 0.3) is 0 Å². The number of rotatable bonds is 2. The van der Waals surface area contributed by atoms with Gasteiger partial charge in [0.05, 0.1) is 24.9 Å². The van der Waals surface area contributed by atoms with E-state index in [0.29, 0.717) is 12.8 Å². The van der Waals surface area contributed by atoms with Crippen molar-refractivity contribution in [3.05, 3.63) is 49.0 Å². The van der Waals surface area contributed by atoms with Crippen LogP contribution in [-0.4, -0.2) is 46.2 Å². The molecule has 4 atom stereocenters. The predicted octanol–water partition coefficient (Wildman–Crippen LogP) is 2.07. The number of carbonyl (C=O) groups is 2. The number of amides is 2. The Morgan fingerprint density at radius 3 is 1.50 bits per heavy atom. The molecule has 4 aliphatic heterocycles. The van der Waals surface area contributed by atoms with Crippen LogP contribution in [0.3, 0.4) is 0 Å². The fourth-order valence-corrected chi connectivity index (χ4v) is 3.30. The minimum Gasteiger partial charge on any atom is -0.472 e. The van der Waals surface area contributed by atoms with Crippen LogP contribution in [0.5, 0.6) is 0 Å². The second-order valence-electron chi connectivity index (χ2n) is 6.12. The minimum absolute atomic E-state index is 0.00120. The zero-order chi connectivity index (χ0) is 17.4. The molecule has 0 bridgehead atoms. The first kappa shape index (κ1) is 16.4. The van der Waals surface area contributed by atoms with Crippen molar-refractivity contribution < 1.29 is 19.1 Å². The van der Waals surface area contributed by atoms with Gasteiger partial charge in [-0.15, -0.1) is 0 Å². The Morgan fingerprint density at radius 1 is 0.875 bits per heavy atom. The number of β-lactam (4-membered cyclic amide) rings is 2. The SMILES string of the molecule is C=CC=C1O[C@@H]2CC(=O)N2[C@H]1C.C=CC=C1O[C@H]2CC(=O)N2[C@@H]1C. The summed E-state index contributed by atoms with van der Waals surface area (Å²) in [7, 11) is 0. The summed E-state index contributed by atoms with van der Waals surface area (Å²) in [6.45, 7) is 11.1. The smallest absolute Gasteiger partial charge is 0.231 e. The molecule has 24 heavy (non-hydrogen) atoms. The Balaban J connectivity index is 0.000000141. The van der Waals surface area contributed by atoms with Crippen molar-refractivity contribution in [1.82, 2.24) is 9.80 Å². The summed E-state index contributed by atoms with van der Waals surface area (Å²) in [4.78, 5) is 25.6. The third-order valence-corrected chi connectivity index (χ3v) is 4.66. The van der Waals surface area contributed by atoms with Gasteiger partial charge in [-0.3, -0.25) is 19.4 Å². The lowest BCUT2D eigenvalue weighted by Gasteiger charge is -2.33. The highest BCUT2D eigenvalue weighted by Crippen LogP contribution is 2.36.